The van der Waals surface area contributed by atoms with E-state index in [1.54, 1.807) is 19.1 Å². The Labute approximate surface area is 206 Å². The Balaban J connectivity index is 1.50. The predicted molar refractivity (Wildman–Crippen MR) is 130 cm³/mol. The number of carbonyl (C=O) groups is 3. The maximum Gasteiger partial charge on any atom is 0.263 e. The summed E-state index contributed by atoms with van der Waals surface area (Å²) in [5.74, 6) is -1.24. The summed E-state index contributed by atoms with van der Waals surface area (Å²) in [4.78, 5) is 52.5. The van der Waals surface area contributed by atoms with Crippen LogP contribution in [0.5, 0.6) is 0 Å². The highest BCUT2D eigenvalue weighted by Gasteiger charge is 2.32. The number of hydrogen-bond donors (Lipinski definition) is 3. The highest BCUT2D eigenvalue weighted by atomic mass is 32.1. The molecule has 0 unspecified atom stereocenters. The Kier molecular flexibility index (Phi) is 7.74. The second-order valence-electron chi connectivity index (χ2n) is 8.73. The first-order valence-corrected chi connectivity index (χ1v) is 12.7. The summed E-state index contributed by atoms with van der Waals surface area (Å²) in [6.45, 7) is 4.40. The number of carbonyl (C=O) groups excluding carboxylic acids is 3. The number of para-hydroxylation sites is 1. The minimum Gasteiger partial charge on any atom is -0.345 e. The molecule has 0 bridgehead atoms. The number of amides is 3. The van der Waals surface area contributed by atoms with E-state index >= 15 is 0 Å². The van der Waals surface area contributed by atoms with Gasteiger partial charge >= 0.3 is 0 Å². The number of rotatable bonds is 8. The van der Waals surface area contributed by atoms with E-state index in [-0.39, 0.29) is 23.9 Å². The van der Waals surface area contributed by atoms with E-state index in [2.05, 4.69) is 25.6 Å². The van der Waals surface area contributed by atoms with Crippen molar-refractivity contribution < 1.29 is 18.8 Å². The van der Waals surface area contributed by atoms with Crippen LogP contribution >= 0.6 is 11.3 Å². The first-order valence-electron chi connectivity index (χ1n) is 11.8. The molecule has 3 aromatic rings. The number of H-pyrrole nitrogens is 1. The number of imidazole rings is 1. The van der Waals surface area contributed by atoms with Crippen LogP contribution in [0.25, 0.3) is 11.0 Å². The van der Waals surface area contributed by atoms with Gasteiger partial charge in [0, 0.05) is 12.6 Å². The molecule has 1 saturated heterocycles. The van der Waals surface area contributed by atoms with Gasteiger partial charge in [-0.15, -0.1) is 11.3 Å². The second kappa shape index (κ2) is 10.9. The van der Waals surface area contributed by atoms with Gasteiger partial charge < -0.3 is 20.5 Å². The lowest BCUT2D eigenvalue weighted by Gasteiger charge is -2.36. The lowest BCUT2D eigenvalue weighted by Crippen LogP contribution is -2.51. The Morgan fingerprint density at radius 1 is 1.29 bits per heavy atom. The van der Waals surface area contributed by atoms with E-state index in [9.17, 15) is 18.8 Å². The molecule has 1 aliphatic heterocycles. The minimum absolute atomic E-state index is 0.140. The fourth-order valence-electron chi connectivity index (χ4n) is 4.42. The third-order valence-corrected chi connectivity index (χ3v) is 7.10. The molecule has 3 heterocycles. The van der Waals surface area contributed by atoms with Crippen molar-refractivity contribution in [2.24, 2.45) is 0 Å². The van der Waals surface area contributed by atoms with Crippen LogP contribution in [0, 0.1) is 5.82 Å². The molecule has 3 atom stereocenters. The normalized spacial score (nSPS) is 17.7. The molecule has 186 valence electrons. The molecule has 0 saturated carbocycles. The molecule has 0 aliphatic carbocycles. The fraction of sp³-hybridized carbons (Fsp3) is 0.458. The fourth-order valence-corrected chi connectivity index (χ4v) is 4.94. The second-order valence-corrected chi connectivity index (χ2v) is 9.62. The zero-order valence-corrected chi connectivity index (χ0v) is 20.5. The molecule has 3 N–H and O–H groups in total. The molecular weight excluding hydrogens is 471 g/mol. The van der Waals surface area contributed by atoms with Gasteiger partial charge in [0.25, 0.3) is 5.91 Å². The third kappa shape index (κ3) is 5.67. The largest absolute Gasteiger partial charge is 0.345 e. The van der Waals surface area contributed by atoms with Gasteiger partial charge in [0.1, 0.15) is 22.3 Å². The summed E-state index contributed by atoms with van der Waals surface area (Å²) >= 11 is 1.15. The van der Waals surface area contributed by atoms with Gasteiger partial charge in [-0.2, -0.15) is 0 Å². The van der Waals surface area contributed by atoms with Crippen LogP contribution in [-0.2, 0) is 9.59 Å². The summed E-state index contributed by atoms with van der Waals surface area (Å²) in [7, 11) is 0. The molecule has 4 rings (SSSR count). The molecular formula is C24H29FN6O3S. The summed E-state index contributed by atoms with van der Waals surface area (Å²) < 4.78 is 14.0. The average molecular weight is 501 g/mol. The van der Waals surface area contributed by atoms with Gasteiger partial charge in [-0.3, -0.25) is 19.4 Å². The van der Waals surface area contributed by atoms with Crippen molar-refractivity contribution in [3.8, 4) is 0 Å². The molecule has 11 heteroatoms. The molecule has 1 fully saturated rings. The number of halogens is 1. The predicted octanol–water partition coefficient (Wildman–Crippen LogP) is 3.32. The van der Waals surface area contributed by atoms with E-state index in [4.69, 9.17) is 0 Å². The quantitative estimate of drug-likeness (QED) is 0.438. The number of aromatic nitrogens is 3. The summed E-state index contributed by atoms with van der Waals surface area (Å²) in [6.07, 6.45) is 5.03. The molecule has 2 aromatic heterocycles. The Hall–Kier alpha value is -3.34. The lowest BCUT2D eigenvalue weighted by molar-refractivity contribution is -0.138. The minimum atomic E-state index is -1.08. The van der Waals surface area contributed by atoms with Crippen LogP contribution in [0.2, 0.25) is 0 Å². The van der Waals surface area contributed by atoms with E-state index in [0.717, 1.165) is 37.0 Å². The SMILES string of the molecule is CC[C@H]1CCCCN1C(=O)C[C@H](NC(=O)c1cncs1)C(=O)N[C@@H](C)c1nc2c(F)cccc2[nH]1. The number of thiazole rings is 1. The molecule has 0 spiro atoms. The van der Waals surface area contributed by atoms with Crippen LogP contribution in [0.1, 0.15) is 67.5 Å². The summed E-state index contributed by atoms with van der Waals surface area (Å²) in [5, 5.41) is 5.50. The Morgan fingerprint density at radius 3 is 2.83 bits per heavy atom. The number of aromatic amines is 1. The van der Waals surface area contributed by atoms with Crippen LogP contribution in [0.15, 0.2) is 29.9 Å². The molecule has 1 aliphatic rings. The van der Waals surface area contributed by atoms with Crippen molar-refractivity contribution in [2.75, 3.05) is 6.54 Å². The molecule has 3 amide bonds. The number of likely N-dealkylation sites (tertiary alicyclic amines) is 1. The lowest BCUT2D eigenvalue weighted by atomic mass is 9.99. The number of fused-ring (bicyclic) bond motifs is 1. The van der Waals surface area contributed by atoms with E-state index in [0.29, 0.717) is 22.8 Å². The number of nitrogens with zero attached hydrogens (tertiary/aromatic N) is 3. The van der Waals surface area contributed by atoms with E-state index < -0.39 is 29.7 Å². The van der Waals surface area contributed by atoms with Crippen molar-refractivity contribution in [1.82, 2.24) is 30.5 Å². The van der Waals surface area contributed by atoms with Crippen molar-refractivity contribution in [3.05, 3.63) is 46.4 Å². The first-order chi connectivity index (χ1) is 16.9. The van der Waals surface area contributed by atoms with E-state index in [1.807, 2.05) is 11.8 Å². The standard InChI is InChI=1S/C24H29FN6O3S/c1-3-15-7-4-5-10-31(15)20(32)11-18(29-24(34)19-12-26-13-35-19)23(33)27-14(2)22-28-17-9-6-8-16(25)21(17)30-22/h6,8-9,12-15,18H,3-5,7,10-11H2,1-2H3,(H,27,33)(H,28,30)(H,29,34)/t14-,15-,18-/m0/s1. The van der Waals surface area contributed by atoms with Crippen LogP contribution < -0.4 is 10.6 Å². The average Bonchev–Trinajstić information content (AvgIpc) is 3.54. The highest BCUT2D eigenvalue weighted by Crippen LogP contribution is 2.22. The zero-order valence-electron chi connectivity index (χ0n) is 19.7. The monoisotopic (exact) mass is 500 g/mol. The topological polar surface area (TPSA) is 120 Å². The van der Waals surface area contributed by atoms with Gasteiger partial charge in [0.15, 0.2) is 5.82 Å². The molecule has 1 aromatic carbocycles. The summed E-state index contributed by atoms with van der Waals surface area (Å²) in [6, 6.07) is 3.04. The number of hydrogen-bond acceptors (Lipinski definition) is 6. The third-order valence-electron chi connectivity index (χ3n) is 6.33. The molecule has 35 heavy (non-hydrogen) atoms. The zero-order chi connectivity index (χ0) is 24.9. The summed E-state index contributed by atoms with van der Waals surface area (Å²) in [5.41, 5.74) is 2.23. The highest BCUT2D eigenvalue weighted by molar-refractivity contribution is 7.11. The van der Waals surface area contributed by atoms with Gasteiger partial charge in [-0.05, 0) is 44.7 Å². The number of nitrogens with one attached hydrogen (secondary N) is 3. The van der Waals surface area contributed by atoms with Crippen molar-refractivity contribution >= 4 is 40.1 Å². The van der Waals surface area contributed by atoms with Crippen molar-refractivity contribution in [2.45, 2.75) is 64.1 Å². The molecule has 9 nitrogen and oxygen atoms in total. The smallest absolute Gasteiger partial charge is 0.263 e. The van der Waals surface area contributed by atoms with Crippen molar-refractivity contribution in [1.29, 1.82) is 0 Å². The maximum atomic E-state index is 14.0. The van der Waals surface area contributed by atoms with Crippen LogP contribution in [0.4, 0.5) is 4.39 Å². The molecule has 0 radical (unpaired) electrons. The van der Waals surface area contributed by atoms with Gasteiger partial charge in [-0.1, -0.05) is 13.0 Å². The van der Waals surface area contributed by atoms with Gasteiger partial charge in [0.2, 0.25) is 11.8 Å². The number of piperidine rings is 1. The Morgan fingerprint density at radius 2 is 2.11 bits per heavy atom. The van der Waals surface area contributed by atoms with Gasteiger partial charge in [-0.25, -0.2) is 9.37 Å². The number of benzene rings is 1. The van der Waals surface area contributed by atoms with Crippen molar-refractivity contribution in [3.63, 3.8) is 0 Å². The maximum absolute atomic E-state index is 14.0. The van der Waals surface area contributed by atoms with E-state index in [1.165, 1.54) is 17.8 Å². The van der Waals surface area contributed by atoms with Crippen LogP contribution in [0.3, 0.4) is 0 Å². The first kappa shape index (κ1) is 24.8. The van der Waals surface area contributed by atoms with Gasteiger partial charge in [0.05, 0.1) is 29.7 Å². The van der Waals surface area contributed by atoms with Crippen LogP contribution in [-0.4, -0.2) is 56.2 Å². The Bertz CT molecular complexity index is 1200.